The first-order valence-corrected chi connectivity index (χ1v) is 11.6. The van der Waals surface area contributed by atoms with Crippen LogP contribution in [0.5, 0.6) is 5.75 Å². The van der Waals surface area contributed by atoms with E-state index in [1.54, 1.807) is 0 Å². The van der Waals surface area contributed by atoms with Gasteiger partial charge in [0.2, 0.25) is 0 Å². The van der Waals surface area contributed by atoms with Gasteiger partial charge in [0.05, 0.1) is 22.2 Å². The SMILES string of the molecule is CCc1ccc(OC2CCCCC2)c2ccc(-c3sc4ccccc4c3C)nc12. The highest BCUT2D eigenvalue weighted by molar-refractivity contribution is 7.22. The predicted octanol–water partition coefficient (Wildman–Crippen LogP) is 7.70. The molecular weight excluding hydrogens is 374 g/mol. The van der Waals surface area contributed by atoms with Crippen molar-refractivity contribution >= 4 is 32.3 Å². The Kier molecular flexibility index (Phi) is 5.01. The first kappa shape index (κ1) is 18.6. The summed E-state index contributed by atoms with van der Waals surface area (Å²) in [5, 5.41) is 2.48. The van der Waals surface area contributed by atoms with Crippen LogP contribution in [0.1, 0.15) is 50.2 Å². The largest absolute Gasteiger partial charge is 0.490 e. The Hall–Kier alpha value is -2.39. The highest BCUT2D eigenvalue weighted by Gasteiger charge is 2.18. The summed E-state index contributed by atoms with van der Waals surface area (Å²) in [6.45, 7) is 4.42. The van der Waals surface area contributed by atoms with Crippen molar-refractivity contribution in [1.82, 2.24) is 4.98 Å². The zero-order valence-electron chi connectivity index (χ0n) is 17.2. The van der Waals surface area contributed by atoms with Gasteiger partial charge in [0.1, 0.15) is 5.75 Å². The van der Waals surface area contributed by atoms with E-state index >= 15 is 0 Å². The van der Waals surface area contributed by atoms with Crippen molar-refractivity contribution in [2.45, 2.75) is 58.5 Å². The molecule has 2 heterocycles. The van der Waals surface area contributed by atoms with Crippen LogP contribution in [0.4, 0.5) is 0 Å². The molecule has 5 rings (SSSR count). The Labute approximate surface area is 176 Å². The highest BCUT2D eigenvalue weighted by Crippen LogP contribution is 2.39. The summed E-state index contributed by atoms with van der Waals surface area (Å²) < 4.78 is 7.77. The number of benzene rings is 2. The lowest BCUT2D eigenvalue weighted by Crippen LogP contribution is -2.19. The lowest BCUT2D eigenvalue weighted by molar-refractivity contribution is 0.157. The summed E-state index contributed by atoms with van der Waals surface area (Å²) in [7, 11) is 0. The van der Waals surface area contributed by atoms with E-state index in [9.17, 15) is 0 Å². The summed E-state index contributed by atoms with van der Waals surface area (Å²) in [5.74, 6) is 0.996. The minimum Gasteiger partial charge on any atom is -0.490 e. The predicted molar refractivity (Wildman–Crippen MR) is 124 cm³/mol. The van der Waals surface area contributed by atoms with Gasteiger partial charge in [-0.15, -0.1) is 11.3 Å². The van der Waals surface area contributed by atoms with Gasteiger partial charge in [-0.3, -0.25) is 0 Å². The van der Waals surface area contributed by atoms with Gasteiger partial charge in [-0.05, 0) is 79.8 Å². The average molecular weight is 402 g/mol. The lowest BCUT2D eigenvalue weighted by atomic mass is 9.97. The van der Waals surface area contributed by atoms with Gasteiger partial charge in [0.15, 0.2) is 0 Å². The molecule has 0 amide bonds. The van der Waals surface area contributed by atoms with Crippen LogP contribution in [0, 0.1) is 6.92 Å². The maximum Gasteiger partial charge on any atom is 0.129 e. The highest BCUT2D eigenvalue weighted by atomic mass is 32.1. The summed E-state index contributed by atoms with van der Waals surface area (Å²) in [4.78, 5) is 6.43. The molecule has 0 atom stereocenters. The Morgan fingerprint density at radius 3 is 2.59 bits per heavy atom. The smallest absolute Gasteiger partial charge is 0.129 e. The van der Waals surface area contributed by atoms with E-state index in [0.717, 1.165) is 28.8 Å². The molecule has 0 N–H and O–H groups in total. The second-order valence-corrected chi connectivity index (χ2v) is 9.15. The molecule has 29 heavy (non-hydrogen) atoms. The molecule has 0 bridgehead atoms. The second kappa shape index (κ2) is 7.79. The molecule has 0 spiro atoms. The van der Waals surface area contributed by atoms with Gasteiger partial charge in [-0.1, -0.05) is 37.6 Å². The molecule has 4 aromatic rings. The van der Waals surface area contributed by atoms with E-state index in [2.05, 4.69) is 62.4 Å². The van der Waals surface area contributed by atoms with Crippen LogP contribution in [0.3, 0.4) is 0 Å². The van der Waals surface area contributed by atoms with Gasteiger partial charge in [0.25, 0.3) is 0 Å². The maximum absolute atomic E-state index is 6.45. The standard InChI is InChI=1S/C26H27NOS/c1-3-18-13-16-23(28-19-9-5-4-6-10-19)21-14-15-22(27-25(18)21)26-17(2)20-11-7-8-12-24(20)29-26/h7-8,11-16,19H,3-6,9-10H2,1-2H3. The van der Waals surface area contributed by atoms with Gasteiger partial charge >= 0.3 is 0 Å². The third-order valence-corrected chi connectivity index (χ3v) is 7.50. The molecule has 3 heteroatoms. The Bertz CT molecular complexity index is 1170. The van der Waals surface area contributed by atoms with Crippen molar-refractivity contribution in [3.05, 3.63) is 59.7 Å². The van der Waals surface area contributed by atoms with Gasteiger partial charge in [-0.25, -0.2) is 4.98 Å². The quantitative estimate of drug-likeness (QED) is 0.349. The molecule has 2 nitrogen and oxygen atoms in total. The molecule has 0 aliphatic heterocycles. The molecule has 1 fully saturated rings. The number of thiophene rings is 1. The molecule has 0 radical (unpaired) electrons. The minimum atomic E-state index is 0.351. The Morgan fingerprint density at radius 2 is 1.79 bits per heavy atom. The fourth-order valence-electron chi connectivity index (χ4n) is 4.54. The topological polar surface area (TPSA) is 22.1 Å². The minimum absolute atomic E-state index is 0.351. The van der Waals surface area contributed by atoms with Crippen molar-refractivity contribution in [2.75, 3.05) is 0 Å². The van der Waals surface area contributed by atoms with Crippen LogP contribution in [0.25, 0.3) is 31.6 Å². The van der Waals surface area contributed by atoms with E-state index in [1.165, 1.54) is 58.2 Å². The number of aryl methyl sites for hydroxylation is 2. The fraction of sp³-hybridized carbons (Fsp3) is 0.346. The van der Waals surface area contributed by atoms with E-state index in [-0.39, 0.29) is 0 Å². The lowest BCUT2D eigenvalue weighted by Gasteiger charge is -2.24. The van der Waals surface area contributed by atoms with Crippen molar-refractivity contribution in [3.8, 4) is 16.3 Å². The third kappa shape index (κ3) is 3.42. The molecule has 2 aromatic heterocycles. The van der Waals surface area contributed by atoms with Crippen LogP contribution in [0.15, 0.2) is 48.5 Å². The molecular formula is C26H27NOS. The van der Waals surface area contributed by atoms with Crippen molar-refractivity contribution in [2.24, 2.45) is 0 Å². The Balaban J connectivity index is 1.60. The number of aromatic nitrogens is 1. The number of rotatable bonds is 4. The average Bonchev–Trinajstić information content (AvgIpc) is 3.11. The maximum atomic E-state index is 6.45. The van der Waals surface area contributed by atoms with E-state index in [0.29, 0.717) is 6.10 Å². The van der Waals surface area contributed by atoms with E-state index in [1.807, 2.05) is 11.3 Å². The van der Waals surface area contributed by atoms with Crippen LogP contribution in [-0.2, 0) is 6.42 Å². The van der Waals surface area contributed by atoms with Crippen LogP contribution in [0.2, 0.25) is 0 Å². The van der Waals surface area contributed by atoms with Gasteiger partial charge < -0.3 is 4.74 Å². The summed E-state index contributed by atoms with van der Waals surface area (Å²) in [6.07, 6.45) is 7.57. The molecule has 1 aliphatic rings. The molecule has 1 saturated carbocycles. The normalized spacial score (nSPS) is 15.2. The van der Waals surface area contributed by atoms with E-state index < -0.39 is 0 Å². The number of ether oxygens (including phenoxy) is 1. The summed E-state index contributed by atoms with van der Waals surface area (Å²) in [6, 6.07) is 17.4. The number of hydrogen-bond donors (Lipinski definition) is 0. The van der Waals surface area contributed by atoms with Gasteiger partial charge in [0, 0.05) is 10.1 Å². The van der Waals surface area contributed by atoms with Crippen LogP contribution in [-0.4, -0.2) is 11.1 Å². The molecule has 0 saturated heterocycles. The number of hydrogen-bond acceptors (Lipinski definition) is 3. The molecule has 0 unspecified atom stereocenters. The monoisotopic (exact) mass is 401 g/mol. The number of fused-ring (bicyclic) bond motifs is 2. The van der Waals surface area contributed by atoms with Crippen LogP contribution >= 0.6 is 11.3 Å². The number of pyridine rings is 1. The van der Waals surface area contributed by atoms with E-state index in [4.69, 9.17) is 9.72 Å². The van der Waals surface area contributed by atoms with Crippen LogP contribution < -0.4 is 4.74 Å². The first-order valence-electron chi connectivity index (χ1n) is 10.8. The first-order chi connectivity index (χ1) is 14.2. The van der Waals surface area contributed by atoms with Gasteiger partial charge in [-0.2, -0.15) is 0 Å². The third-order valence-electron chi connectivity index (χ3n) is 6.20. The molecule has 148 valence electrons. The molecule has 1 aliphatic carbocycles. The molecule has 2 aromatic carbocycles. The zero-order chi connectivity index (χ0) is 19.8. The fourth-order valence-corrected chi connectivity index (χ4v) is 5.72. The second-order valence-electron chi connectivity index (χ2n) is 8.10. The number of nitrogens with zero attached hydrogens (tertiary/aromatic N) is 1. The van der Waals surface area contributed by atoms with Crippen molar-refractivity contribution in [1.29, 1.82) is 0 Å². The van der Waals surface area contributed by atoms with Crippen molar-refractivity contribution < 1.29 is 4.74 Å². The summed E-state index contributed by atoms with van der Waals surface area (Å²) in [5.41, 5.74) is 4.78. The summed E-state index contributed by atoms with van der Waals surface area (Å²) >= 11 is 1.84. The zero-order valence-corrected chi connectivity index (χ0v) is 18.0. The Morgan fingerprint density at radius 1 is 0.966 bits per heavy atom. The van der Waals surface area contributed by atoms with Crippen molar-refractivity contribution in [3.63, 3.8) is 0 Å².